The van der Waals surface area contributed by atoms with Crippen LogP contribution in [-0.2, 0) is 12.8 Å². The summed E-state index contributed by atoms with van der Waals surface area (Å²) in [6.07, 6.45) is 18.3. The molecule has 0 aliphatic carbocycles. The van der Waals surface area contributed by atoms with E-state index >= 15 is 0 Å². The summed E-state index contributed by atoms with van der Waals surface area (Å²) in [6, 6.07) is 25.7. The maximum Gasteiger partial charge on any atom is 0.124 e. The zero-order valence-corrected chi connectivity index (χ0v) is 31.4. The van der Waals surface area contributed by atoms with Gasteiger partial charge in [0.25, 0.3) is 0 Å². The van der Waals surface area contributed by atoms with Crippen molar-refractivity contribution in [3.63, 3.8) is 0 Å². The van der Waals surface area contributed by atoms with E-state index in [4.69, 9.17) is 4.98 Å². The predicted molar refractivity (Wildman–Crippen MR) is 213 cm³/mol. The van der Waals surface area contributed by atoms with Crippen molar-refractivity contribution in [1.82, 2.24) is 4.98 Å². The molecule has 6 aromatic rings. The molecule has 0 N–H and O–H groups in total. The Hall–Kier alpha value is -2.79. The highest BCUT2D eigenvalue weighted by molar-refractivity contribution is 7.29. The number of fused-ring (bicyclic) bond motifs is 2. The lowest BCUT2D eigenvalue weighted by atomic mass is 9.88. The van der Waals surface area contributed by atoms with Crippen molar-refractivity contribution in [2.75, 3.05) is 0 Å². The molecule has 246 valence electrons. The number of benzene rings is 3. The van der Waals surface area contributed by atoms with Crippen LogP contribution in [0, 0.1) is 13.8 Å². The minimum Gasteiger partial charge on any atom is -0.236 e. The van der Waals surface area contributed by atoms with Gasteiger partial charge in [0, 0.05) is 24.7 Å². The molecule has 6 rings (SSSR count). The van der Waals surface area contributed by atoms with Gasteiger partial charge < -0.3 is 0 Å². The van der Waals surface area contributed by atoms with Gasteiger partial charge in [0.05, 0.1) is 10.2 Å². The molecule has 3 aromatic heterocycles. The second-order valence-corrected chi connectivity index (χ2v) is 16.9. The van der Waals surface area contributed by atoms with Gasteiger partial charge in [-0.25, -0.2) is 4.98 Å². The van der Waals surface area contributed by atoms with Gasteiger partial charge in [-0.2, -0.15) is 0 Å². The molecule has 0 bridgehead atoms. The number of aryl methyl sites for hydroxylation is 4. The maximum absolute atomic E-state index is 5.13. The number of para-hydroxylation sites is 1. The van der Waals surface area contributed by atoms with Gasteiger partial charge in [-0.05, 0) is 115 Å². The van der Waals surface area contributed by atoms with E-state index in [0.717, 1.165) is 16.9 Å². The SMILES string of the molecule is CCCCCCCCc1cc(-c2cc(-c3cc4sc(C)cc4s3)cc(-c3nc4ccccc4s3)c2)c(CCCCCCCC)cc1C. The molecule has 4 heteroatoms. The highest BCUT2D eigenvalue weighted by Crippen LogP contribution is 2.42. The second kappa shape index (κ2) is 16.5. The van der Waals surface area contributed by atoms with Crippen LogP contribution >= 0.6 is 34.0 Å². The standard InChI is InChI=1S/C43H51NS3/c1-5-7-9-11-13-15-19-32-28-37(33(23-30(32)3)20-16-14-12-10-8-6-2)34-25-35(40-29-42-41(46-40)24-31(4)45-42)27-36(26-34)43-44-38-21-17-18-22-39(38)47-43/h17-18,21-29H,5-16,19-20H2,1-4H3. The molecule has 0 spiro atoms. The molecular weight excluding hydrogens is 627 g/mol. The highest BCUT2D eigenvalue weighted by atomic mass is 32.1. The van der Waals surface area contributed by atoms with Crippen molar-refractivity contribution in [3.8, 4) is 32.1 Å². The Morgan fingerprint density at radius 3 is 1.89 bits per heavy atom. The maximum atomic E-state index is 5.13. The molecular formula is C43H51NS3. The Morgan fingerprint density at radius 2 is 1.17 bits per heavy atom. The minimum atomic E-state index is 1.09. The van der Waals surface area contributed by atoms with Crippen LogP contribution < -0.4 is 0 Å². The summed E-state index contributed by atoms with van der Waals surface area (Å²) in [5, 5.41) is 1.11. The molecule has 0 aliphatic rings. The Labute approximate surface area is 295 Å². The third kappa shape index (κ3) is 8.63. The third-order valence-corrected chi connectivity index (χ3v) is 12.9. The van der Waals surface area contributed by atoms with Gasteiger partial charge in [0.1, 0.15) is 5.01 Å². The molecule has 1 nitrogen and oxygen atoms in total. The van der Waals surface area contributed by atoms with Crippen molar-refractivity contribution in [2.45, 2.75) is 118 Å². The molecule has 0 amide bonds. The first kappa shape index (κ1) is 34.1. The lowest BCUT2D eigenvalue weighted by Crippen LogP contribution is -1.99. The molecule has 0 atom stereocenters. The van der Waals surface area contributed by atoms with Gasteiger partial charge in [-0.15, -0.1) is 34.0 Å². The molecule has 0 radical (unpaired) electrons. The Balaban J connectivity index is 1.40. The fourth-order valence-electron chi connectivity index (χ4n) is 6.89. The quantitative estimate of drug-likeness (QED) is 0.0876. The fraction of sp³-hybridized carbons (Fsp3) is 0.419. The van der Waals surface area contributed by atoms with Crippen LogP contribution in [-0.4, -0.2) is 4.98 Å². The van der Waals surface area contributed by atoms with Crippen LogP contribution in [0.5, 0.6) is 0 Å². The lowest BCUT2D eigenvalue weighted by Gasteiger charge is -2.17. The van der Waals surface area contributed by atoms with Crippen LogP contribution in [0.2, 0.25) is 0 Å². The van der Waals surface area contributed by atoms with E-state index in [-0.39, 0.29) is 0 Å². The first-order valence-corrected chi connectivity index (χ1v) is 20.6. The largest absolute Gasteiger partial charge is 0.236 e. The summed E-state index contributed by atoms with van der Waals surface area (Å²) in [5.74, 6) is 0. The first-order valence-electron chi connectivity index (χ1n) is 18.2. The number of rotatable bonds is 17. The van der Waals surface area contributed by atoms with E-state index in [1.165, 1.54) is 146 Å². The first-order chi connectivity index (χ1) is 23.0. The normalized spacial score (nSPS) is 11.7. The van der Waals surface area contributed by atoms with Crippen molar-refractivity contribution in [1.29, 1.82) is 0 Å². The number of thiophene rings is 2. The Bertz CT molecular complexity index is 1840. The van der Waals surface area contributed by atoms with Crippen LogP contribution in [0.4, 0.5) is 0 Å². The van der Waals surface area contributed by atoms with E-state index in [9.17, 15) is 0 Å². The number of aromatic nitrogens is 1. The summed E-state index contributed by atoms with van der Waals surface area (Å²) in [6.45, 7) is 9.18. The molecule has 0 fully saturated rings. The van der Waals surface area contributed by atoms with Gasteiger partial charge in [-0.1, -0.05) is 102 Å². The highest BCUT2D eigenvalue weighted by Gasteiger charge is 2.16. The summed E-state index contributed by atoms with van der Waals surface area (Å²) in [4.78, 5) is 7.87. The molecule has 3 aromatic carbocycles. The zero-order valence-electron chi connectivity index (χ0n) is 28.9. The summed E-state index contributed by atoms with van der Waals surface area (Å²) < 4.78 is 4.05. The minimum absolute atomic E-state index is 1.09. The van der Waals surface area contributed by atoms with E-state index in [0.29, 0.717) is 0 Å². The van der Waals surface area contributed by atoms with Crippen molar-refractivity contribution >= 4 is 53.6 Å². The molecule has 0 saturated carbocycles. The molecule has 47 heavy (non-hydrogen) atoms. The second-order valence-electron chi connectivity index (χ2n) is 13.5. The third-order valence-electron chi connectivity index (χ3n) is 9.56. The van der Waals surface area contributed by atoms with Gasteiger partial charge >= 0.3 is 0 Å². The predicted octanol–water partition coefficient (Wildman–Crippen LogP) is 15.0. The van der Waals surface area contributed by atoms with E-state index < -0.39 is 0 Å². The monoisotopic (exact) mass is 677 g/mol. The smallest absolute Gasteiger partial charge is 0.124 e. The number of nitrogens with zero attached hydrogens (tertiary/aromatic N) is 1. The number of thiazole rings is 1. The van der Waals surface area contributed by atoms with Crippen molar-refractivity contribution in [2.24, 2.45) is 0 Å². The fourth-order valence-corrected chi connectivity index (χ4v) is 10.1. The van der Waals surface area contributed by atoms with Crippen molar-refractivity contribution < 1.29 is 0 Å². The Kier molecular flexibility index (Phi) is 12.0. The average molecular weight is 678 g/mol. The molecule has 0 aliphatic heterocycles. The van der Waals surface area contributed by atoms with Gasteiger partial charge in [-0.3, -0.25) is 0 Å². The van der Waals surface area contributed by atoms with Crippen LogP contribution in [0.25, 0.3) is 51.8 Å². The van der Waals surface area contributed by atoms with E-state index in [1.807, 2.05) is 34.0 Å². The summed E-state index contributed by atoms with van der Waals surface area (Å²) in [7, 11) is 0. The number of hydrogen-bond donors (Lipinski definition) is 0. The Morgan fingerprint density at radius 1 is 0.532 bits per heavy atom. The van der Waals surface area contributed by atoms with Crippen LogP contribution in [0.1, 0.15) is 112 Å². The topological polar surface area (TPSA) is 12.9 Å². The number of unbranched alkanes of at least 4 members (excludes halogenated alkanes) is 10. The zero-order chi connectivity index (χ0) is 32.6. The van der Waals surface area contributed by atoms with Gasteiger partial charge in [0.15, 0.2) is 0 Å². The van der Waals surface area contributed by atoms with Crippen LogP contribution in [0.15, 0.2) is 66.7 Å². The van der Waals surface area contributed by atoms with E-state index in [2.05, 4.69) is 94.4 Å². The molecule has 3 heterocycles. The lowest BCUT2D eigenvalue weighted by molar-refractivity contribution is 0.605. The molecule has 0 saturated heterocycles. The van der Waals surface area contributed by atoms with E-state index in [1.54, 1.807) is 0 Å². The number of hydrogen-bond acceptors (Lipinski definition) is 4. The average Bonchev–Trinajstić information content (AvgIpc) is 3.78. The van der Waals surface area contributed by atoms with Gasteiger partial charge in [0.2, 0.25) is 0 Å². The van der Waals surface area contributed by atoms with Crippen LogP contribution in [0.3, 0.4) is 0 Å². The summed E-state index contributed by atoms with van der Waals surface area (Å²) in [5.41, 5.74) is 10.9. The van der Waals surface area contributed by atoms with Crippen molar-refractivity contribution in [3.05, 3.63) is 88.3 Å². The molecule has 0 unspecified atom stereocenters. The summed E-state index contributed by atoms with van der Waals surface area (Å²) >= 11 is 5.65.